The van der Waals surface area contributed by atoms with Crippen molar-refractivity contribution in [3.63, 3.8) is 0 Å². The number of carbonyl (C=O) groups is 1. The van der Waals surface area contributed by atoms with Gasteiger partial charge in [-0.25, -0.2) is 0 Å². The Kier molecular flexibility index (Phi) is 2.24. The van der Waals surface area contributed by atoms with E-state index in [1.807, 2.05) is 0 Å². The molecule has 5 nitrogen and oxygen atoms in total. The lowest BCUT2D eigenvalue weighted by Crippen LogP contribution is -2.10. The Labute approximate surface area is 86.6 Å². The van der Waals surface area contributed by atoms with E-state index in [9.17, 15) is 9.90 Å². The molecule has 1 aliphatic rings. The SMILES string of the molecule is COc1cc(OC)c2c(c1)C(O)C(=O)N2. The second-order valence-corrected chi connectivity index (χ2v) is 3.19. The maximum absolute atomic E-state index is 11.2. The number of hydrogen-bond donors (Lipinski definition) is 2. The summed E-state index contributed by atoms with van der Waals surface area (Å²) in [6, 6.07) is 3.26. The molecule has 0 fully saturated rings. The molecule has 80 valence electrons. The minimum atomic E-state index is -1.15. The van der Waals surface area contributed by atoms with Crippen molar-refractivity contribution in [1.82, 2.24) is 0 Å². The van der Waals surface area contributed by atoms with E-state index in [1.54, 1.807) is 12.1 Å². The van der Waals surface area contributed by atoms with Gasteiger partial charge in [0.15, 0.2) is 6.10 Å². The van der Waals surface area contributed by atoms with Crippen molar-refractivity contribution in [1.29, 1.82) is 0 Å². The summed E-state index contributed by atoms with van der Waals surface area (Å²) < 4.78 is 10.1. The van der Waals surface area contributed by atoms with Crippen molar-refractivity contribution in [2.45, 2.75) is 6.10 Å². The molecule has 0 saturated carbocycles. The fourth-order valence-corrected chi connectivity index (χ4v) is 1.57. The molecule has 0 aliphatic carbocycles. The summed E-state index contributed by atoms with van der Waals surface area (Å²) >= 11 is 0. The first-order valence-electron chi connectivity index (χ1n) is 4.42. The minimum Gasteiger partial charge on any atom is -0.497 e. The zero-order valence-electron chi connectivity index (χ0n) is 8.40. The molecule has 2 N–H and O–H groups in total. The standard InChI is InChI=1S/C10H11NO4/c1-14-5-3-6-8(7(4-5)15-2)11-10(13)9(6)12/h3-4,9,12H,1-2H3,(H,11,13). The summed E-state index contributed by atoms with van der Waals surface area (Å²) in [6.07, 6.45) is -1.15. The molecule has 0 saturated heterocycles. The van der Waals surface area contributed by atoms with Gasteiger partial charge in [-0.2, -0.15) is 0 Å². The summed E-state index contributed by atoms with van der Waals surface area (Å²) in [5.74, 6) is 0.576. The normalized spacial score (nSPS) is 18.3. The fourth-order valence-electron chi connectivity index (χ4n) is 1.57. The number of aliphatic hydroxyl groups is 1. The van der Waals surface area contributed by atoms with Crippen LogP contribution in [0.3, 0.4) is 0 Å². The highest BCUT2D eigenvalue weighted by Gasteiger charge is 2.31. The molecule has 1 aromatic carbocycles. The van der Waals surface area contributed by atoms with Crippen LogP contribution in [0.15, 0.2) is 12.1 Å². The molecule has 2 rings (SSSR count). The molecule has 0 aromatic heterocycles. The van der Waals surface area contributed by atoms with Gasteiger partial charge in [-0.3, -0.25) is 4.79 Å². The van der Waals surface area contributed by atoms with Gasteiger partial charge in [0.25, 0.3) is 5.91 Å². The molecule has 0 radical (unpaired) electrons. The van der Waals surface area contributed by atoms with Crippen LogP contribution in [-0.2, 0) is 4.79 Å². The number of rotatable bonds is 2. The molecular weight excluding hydrogens is 198 g/mol. The summed E-state index contributed by atoms with van der Waals surface area (Å²) in [4.78, 5) is 11.2. The van der Waals surface area contributed by atoms with Gasteiger partial charge in [0, 0.05) is 11.6 Å². The number of aliphatic hydroxyl groups excluding tert-OH is 1. The van der Waals surface area contributed by atoms with E-state index in [-0.39, 0.29) is 0 Å². The third-order valence-electron chi connectivity index (χ3n) is 2.35. The number of ether oxygens (including phenoxy) is 2. The number of anilines is 1. The predicted molar refractivity (Wildman–Crippen MR) is 53.1 cm³/mol. The van der Waals surface area contributed by atoms with Crippen LogP contribution in [0, 0.1) is 0 Å². The van der Waals surface area contributed by atoms with Crippen LogP contribution < -0.4 is 14.8 Å². The lowest BCUT2D eigenvalue weighted by atomic mass is 10.1. The predicted octanol–water partition coefficient (Wildman–Crippen LogP) is 0.689. The van der Waals surface area contributed by atoms with Crippen LogP contribution in [0.4, 0.5) is 5.69 Å². The van der Waals surface area contributed by atoms with E-state index in [0.29, 0.717) is 22.7 Å². The maximum Gasteiger partial charge on any atom is 0.258 e. The minimum absolute atomic E-state index is 0.448. The summed E-state index contributed by atoms with van der Waals surface area (Å²) in [7, 11) is 3.00. The second-order valence-electron chi connectivity index (χ2n) is 3.19. The number of amides is 1. The number of benzene rings is 1. The van der Waals surface area contributed by atoms with Crippen LogP contribution in [0.1, 0.15) is 11.7 Å². The van der Waals surface area contributed by atoms with Gasteiger partial charge in [0.1, 0.15) is 11.5 Å². The zero-order valence-corrected chi connectivity index (χ0v) is 8.40. The maximum atomic E-state index is 11.2. The van der Waals surface area contributed by atoms with Crippen LogP contribution in [0.25, 0.3) is 0 Å². The first-order valence-corrected chi connectivity index (χ1v) is 4.42. The molecule has 1 heterocycles. The summed E-state index contributed by atoms with van der Waals surface area (Å²) in [6.45, 7) is 0. The molecule has 5 heteroatoms. The van der Waals surface area contributed by atoms with E-state index >= 15 is 0 Å². The Morgan fingerprint density at radius 1 is 1.33 bits per heavy atom. The second kappa shape index (κ2) is 3.43. The highest BCUT2D eigenvalue weighted by Crippen LogP contribution is 2.41. The quantitative estimate of drug-likeness (QED) is 0.752. The van der Waals surface area contributed by atoms with E-state index in [0.717, 1.165) is 0 Å². The van der Waals surface area contributed by atoms with E-state index < -0.39 is 12.0 Å². The first-order chi connectivity index (χ1) is 7.17. The Morgan fingerprint density at radius 3 is 2.67 bits per heavy atom. The van der Waals surface area contributed by atoms with E-state index in [4.69, 9.17) is 9.47 Å². The molecule has 0 bridgehead atoms. The lowest BCUT2D eigenvalue weighted by molar-refractivity contribution is -0.123. The van der Waals surface area contributed by atoms with Crippen molar-refractivity contribution in [2.24, 2.45) is 0 Å². The average Bonchev–Trinajstić information content (AvgIpc) is 2.54. The molecule has 15 heavy (non-hydrogen) atoms. The first kappa shape index (κ1) is 9.79. The van der Waals surface area contributed by atoms with Crippen LogP contribution in [0.2, 0.25) is 0 Å². The topological polar surface area (TPSA) is 67.8 Å². The van der Waals surface area contributed by atoms with Gasteiger partial charge in [-0.1, -0.05) is 0 Å². The fraction of sp³-hybridized carbons (Fsp3) is 0.300. The number of nitrogens with one attached hydrogen (secondary N) is 1. The Balaban J connectivity index is 2.57. The molecular formula is C10H11NO4. The number of methoxy groups -OCH3 is 2. The highest BCUT2D eigenvalue weighted by atomic mass is 16.5. The van der Waals surface area contributed by atoms with Crippen molar-refractivity contribution in [3.05, 3.63) is 17.7 Å². The lowest BCUT2D eigenvalue weighted by Gasteiger charge is -2.09. The van der Waals surface area contributed by atoms with Gasteiger partial charge >= 0.3 is 0 Å². The monoisotopic (exact) mass is 209 g/mol. The Morgan fingerprint density at radius 2 is 2.07 bits per heavy atom. The number of fused-ring (bicyclic) bond motifs is 1. The van der Waals surface area contributed by atoms with Crippen molar-refractivity contribution >= 4 is 11.6 Å². The molecule has 1 aliphatic heterocycles. The van der Waals surface area contributed by atoms with Crippen molar-refractivity contribution in [2.75, 3.05) is 19.5 Å². The third-order valence-corrected chi connectivity index (χ3v) is 2.35. The van der Waals surface area contributed by atoms with Crippen LogP contribution >= 0.6 is 0 Å². The number of hydrogen-bond acceptors (Lipinski definition) is 4. The number of carbonyl (C=O) groups excluding carboxylic acids is 1. The third kappa shape index (κ3) is 1.41. The average molecular weight is 209 g/mol. The summed E-state index contributed by atoms with van der Waals surface area (Å²) in [5.41, 5.74) is 0.993. The van der Waals surface area contributed by atoms with Crippen molar-refractivity contribution in [3.8, 4) is 11.5 Å². The van der Waals surface area contributed by atoms with Gasteiger partial charge in [0.05, 0.1) is 19.9 Å². The highest BCUT2D eigenvalue weighted by molar-refractivity contribution is 6.03. The van der Waals surface area contributed by atoms with Crippen LogP contribution in [0.5, 0.6) is 11.5 Å². The van der Waals surface area contributed by atoms with E-state index in [2.05, 4.69) is 5.32 Å². The largest absolute Gasteiger partial charge is 0.497 e. The zero-order chi connectivity index (χ0) is 11.0. The Hall–Kier alpha value is -1.75. The smallest absolute Gasteiger partial charge is 0.258 e. The van der Waals surface area contributed by atoms with Gasteiger partial charge in [-0.15, -0.1) is 0 Å². The summed E-state index contributed by atoms with van der Waals surface area (Å²) in [5, 5.41) is 12.1. The molecule has 1 atom stereocenters. The van der Waals surface area contributed by atoms with Gasteiger partial charge < -0.3 is 19.9 Å². The molecule has 1 unspecified atom stereocenters. The molecule has 0 spiro atoms. The molecule has 1 aromatic rings. The van der Waals surface area contributed by atoms with Gasteiger partial charge in [0.2, 0.25) is 0 Å². The van der Waals surface area contributed by atoms with E-state index in [1.165, 1.54) is 14.2 Å². The Bertz CT molecular complexity index is 416. The molecule has 1 amide bonds. The van der Waals surface area contributed by atoms with Crippen LogP contribution in [-0.4, -0.2) is 25.2 Å². The van der Waals surface area contributed by atoms with Gasteiger partial charge in [-0.05, 0) is 6.07 Å². The van der Waals surface area contributed by atoms with Crippen molar-refractivity contribution < 1.29 is 19.4 Å².